The van der Waals surface area contributed by atoms with Crippen molar-refractivity contribution in [1.82, 2.24) is 5.32 Å². The van der Waals surface area contributed by atoms with E-state index in [9.17, 15) is 14.3 Å². The molecular formula is C18H17FN2O2S. The van der Waals surface area contributed by atoms with Crippen molar-refractivity contribution in [2.24, 2.45) is 0 Å². The highest BCUT2D eigenvalue weighted by Gasteiger charge is 2.19. The topological polar surface area (TPSA) is 73.1 Å². The Morgan fingerprint density at radius 3 is 2.71 bits per heavy atom. The minimum atomic E-state index is -0.939. The molecule has 6 heteroatoms. The van der Waals surface area contributed by atoms with Crippen molar-refractivity contribution >= 4 is 17.7 Å². The number of thioether (sulfide) groups is 1. The fourth-order valence-electron chi connectivity index (χ4n) is 2.16. The van der Waals surface area contributed by atoms with E-state index < -0.39 is 12.1 Å². The fraction of sp³-hybridized carbons (Fsp3) is 0.222. The summed E-state index contributed by atoms with van der Waals surface area (Å²) in [7, 11) is 0. The predicted molar refractivity (Wildman–Crippen MR) is 91.1 cm³/mol. The molecule has 0 fully saturated rings. The SMILES string of the molecule is CC(NC(=O)c1cccc(SCC#N)c1)C(O)c1ccc(F)cc1. The molecule has 124 valence electrons. The van der Waals surface area contributed by atoms with Gasteiger partial charge in [0.05, 0.1) is 24.0 Å². The van der Waals surface area contributed by atoms with E-state index in [0.717, 1.165) is 4.90 Å². The zero-order valence-electron chi connectivity index (χ0n) is 13.1. The van der Waals surface area contributed by atoms with Gasteiger partial charge in [-0.25, -0.2) is 4.39 Å². The minimum Gasteiger partial charge on any atom is -0.386 e. The number of carbonyl (C=O) groups excluding carboxylic acids is 1. The summed E-state index contributed by atoms with van der Waals surface area (Å²) in [5.41, 5.74) is 0.985. The summed E-state index contributed by atoms with van der Waals surface area (Å²) in [5, 5.41) is 21.6. The highest BCUT2D eigenvalue weighted by atomic mass is 32.2. The van der Waals surface area contributed by atoms with Crippen molar-refractivity contribution in [1.29, 1.82) is 5.26 Å². The summed E-state index contributed by atoms with van der Waals surface area (Å²) in [6.45, 7) is 1.68. The third kappa shape index (κ3) is 4.82. The highest BCUT2D eigenvalue weighted by Crippen LogP contribution is 2.20. The molecule has 24 heavy (non-hydrogen) atoms. The number of halogens is 1. The van der Waals surface area contributed by atoms with Crippen molar-refractivity contribution < 1.29 is 14.3 Å². The molecule has 2 atom stereocenters. The van der Waals surface area contributed by atoms with Crippen LogP contribution >= 0.6 is 11.8 Å². The molecule has 0 aliphatic heterocycles. The van der Waals surface area contributed by atoms with E-state index in [2.05, 4.69) is 5.32 Å². The standard InChI is InChI=1S/C18H17FN2O2S/c1-12(17(22)13-5-7-15(19)8-6-13)21-18(23)14-3-2-4-16(11-14)24-10-9-20/h2-8,11-12,17,22H,10H2,1H3,(H,21,23). The largest absolute Gasteiger partial charge is 0.386 e. The smallest absolute Gasteiger partial charge is 0.251 e. The number of aliphatic hydroxyl groups excluding tert-OH is 1. The van der Waals surface area contributed by atoms with Crippen LogP contribution in [-0.2, 0) is 0 Å². The lowest BCUT2D eigenvalue weighted by Crippen LogP contribution is -2.37. The third-order valence-electron chi connectivity index (χ3n) is 3.44. The lowest BCUT2D eigenvalue weighted by atomic mass is 10.0. The zero-order chi connectivity index (χ0) is 17.5. The number of nitrogens with one attached hydrogen (secondary N) is 1. The van der Waals surface area contributed by atoms with Crippen molar-refractivity contribution in [2.75, 3.05) is 5.75 Å². The van der Waals surface area contributed by atoms with Gasteiger partial charge in [0.1, 0.15) is 5.82 Å². The average Bonchev–Trinajstić information content (AvgIpc) is 2.60. The first-order chi connectivity index (χ1) is 11.5. The first kappa shape index (κ1) is 18.0. The molecule has 2 N–H and O–H groups in total. The molecule has 2 rings (SSSR count). The number of hydrogen-bond donors (Lipinski definition) is 2. The van der Waals surface area contributed by atoms with Gasteiger partial charge in [0.2, 0.25) is 0 Å². The summed E-state index contributed by atoms with van der Waals surface area (Å²) in [6, 6.07) is 13.9. The first-order valence-corrected chi connectivity index (χ1v) is 8.34. The van der Waals surface area contributed by atoms with Gasteiger partial charge in [-0.1, -0.05) is 18.2 Å². The van der Waals surface area contributed by atoms with Gasteiger partial charge >= 0.3 is 0 Å². The molecule has 2 aromatic rings. The lowest BCUT2D eigenvalue weighted by molar-refractivity contribution is 0.0851. The van der Waals surface area contributed by atoms with E-state index in [0.29, 0.717) is 16.9 Å². The second kappa shape index (κ2) is 8.48. The van der Waals surface area contributed by atoms with Crippen molar-refractivity contribution in [2.45, 2.75) is 24.0 Å². The maximum Gasteiger partial charge on any atom is 0.251 e. The van der Waals surface area contributed by atoms with Crippen LogP contribution in [0, 0.1) is 17.1 Å². The van der Waals surface area contributed by atoms with Crippen LogP contribution < -0.4 is 5.32 Å². The Kier molecular flexibility index (Phi) is 6.36. The van der Waals surface area contributed by atoms with Crippen LogP contribution in [0.3, 0.4) is 0 Å². The van der Waals surface area contributed by atoms with Gasteiger partial charge in [-0.2, -0.15) is 5.26 Å². The van der Waals surface area contributed by atoms with Gasteiger partial charge in [0.25, 0.3) is 5.91 Å². The lowest BCUT2D eigenvalue weighted by Gasteiger charge is -2.20. The van der Waals surface area contributed by atoms with Crippen LogP contribution in [0.25, 0.3) is 0 Å². The molecule has 0 radical (unpaired) electrons. The van der Waals surface area contributed by atoms with Gasteiger partial charge in [-0.3, -0.25) is 4.79 Å². The normalized spacial score (nSPS) is 12.9. The van der Waals surface area contributed by atoms with E-state index in [-0.39, 0.29) is 11.7 Å². The summed E-state index contributed by atoms with van der Waals surface area (Å²) < 4.78 is 12.9. The molecule has 0 aromatic heterocycles. The van der Waals surface area contributed by atoms with E-state index >= 15 is 0 Å². The van der Waals surface area contributed by atoms with Crippen LogP contribution in [0.15, 0.2) is 53.4 Å². The number of rotatable bonds is 6. The Labute approximate surface area is 144 Å². The van der Waals surface area contributed by atoms with Crippen LogP contribution in [0.1, 0.15) is 28.9 Å². The Balaban J connectivity index is 2.03. The Morgan fingerprint density at radius 1 is 1.33 bits per heavy atom. The van der Waals surface area contributed by atoms with Crippen molar-refractivity contribution in [3.05, 3.63) is 65.5 Å². The predicted octanol–water partition coefficient (Wildman–Crippen LogP) is 3.29. The number of aliphatic hydroxyl groups is 1. The Morgan fingerprint density at radius 2 is 2.04 bits per heavy atom. The van der Waals surface area contributed by atoms with Crippen LogP contribution in [0.4, 0.5) is 4.39 Å². The molecule has 0 saturated carbocycles. The molecule has 1 amide bonds. The van der Waals surface area contributed by atoms with E-state index in [1.807, 2.05) is 12.1 Å². The van der Waals surface area contributed by atoms with Gasteiger partial charge in [0.15, 0.2) is 0 Å². The summed E-state index contributed by atoms with van der Waals surface area (Å²) in [6.07, 6.45) is -0.939. The van der Waals surface area contributed by atoms with Crippen molar-refractivity contribution in [3.8, 4) is 6.07 Å². The number of hydrogen-bond acceptors (Lipinski definition) is 4. The Hall–Kier alpha value is -2.36. The molecule has 0 heterocycles. The number of benzene rings is 2. The van der Waals surface area contributed by atoms with E-state index in [1.165, 1.54) is 36.0 Å². The number of nitrogens with zero attached hydrogens (tertiary/aromatic N) is 1. The highest BCUT2D eigenvalue weighted by molar-refractivity contribution is 7.99. The van der Waals surface area contributed by atoms with Crippen LogP contribution in [-0.4, -0.2) is 22.8 Å². The number of nitriles is 1. The van der Waals surface area contributed by atoms with Crippen LogP contribution in [0.5, 0.6) is 0 Å². The summed E-state index contributed by atoms with van der Waals surface area (Å²) in [4.78, 5) is 13.1. The van der Waals surface area contributed by atoms with E-state index in [4.69, 9.17) is 5.26 Å². The molecule has 0 saturated heterocycles. The molecule has 2 aromatic carbocycles. The maximum absolute atomic E-state index is 12.9. The monoisotopic (exact) mass is 344 g/mol. The number of carbonyl (C=O) groups is 1. The molecular weight excluding hydrogens is 327 g/mol. The zero-order valence-corrected chi connectivity index (χ0v) is 13.9. The quantitative estimate of drug-likeness (QED) is 0.789. The van der Waals surface area contributed by atoms with Gasteiger partial charge in [-0.05, 0) is 42.8 Å². The maximum atomic E-state index is 12.9. The van der Waals surface area contributed by atoms with E-state index in [1.54, 1.807) is 25.1 Å². The van der Waals surface area contributed by atoms with Crippen molar-refractivity contribution in [3.63, 3.8) is 0 Å². The summed E-state index contributed by atoms with van der Waals surface area (Å²) in [5.74, 6) is -0.387. The molecule has 0 aliphatic rings. The molecule has 4 nitrogen and oxygen atoms in total. The minimum absolute atomic E-state index is 0.310. The first-order valence-electron chi connectivity index (χ1n) is 7.35. The average molecular weight is 344 g/mol. The fourth-order valence-corrected chi connectivity index (χ4v) is 2.78. The third-order valence-corrected chi connectivity index (χ3v) is 4.30. The van der Waals surface area contributed by atoms with Gasteiger partial charge in [0, 0.05) is 10.5 Å². The molecule has 0 bridgehead atoms. The molecule has 0 spiro atoms. The second-order valence-electron chi connectivity index (χ2n) is 5.23. The van der Waals surface area contributed by atoms with Gasteiger partial charge in [-0.15, -0.1) is 11.8 Å². The second-order valence-corrected chi connectivity index (χ2v) is 6.28. The number of amides is 1. The molecule has 2 unspecified atom stereocenters. The summed E-state index contributed by atoms with van der Waals surface area (Å²) >= 11 is 1.35. The van der Waals surface area contributed by atoms with Gasteiger partial charge < -0.3 is 10.4 Å². The molecule has 0 aliphatic carbocycles. The van der Waals surface area contributed by atoms with Crippen LogP contribution in [0.2, 0.25) is 0 Å². The Bertz CT molecular complexity index is 743.